The molecule has 5 nitrogen and oxygen atoms in total. The first kappa shape index (κ1) is 14.0. The first-order valence-electron chi connectivity index (χ1n) is 8.01. The van der Waals surface area contributed by atoms with Crippen LogP contribution < -0.4 is 0 Å². The predicted octanol–water partition coefficient (Wildman–Crippen LogP) is 1.72. The second kappa shape index (κ2) is 6.22. The number of aliphatic hydroxyl groups is 1. The summed E-state index contributed by atoms with van der Waals surface area (Å²) in [6.45, 7) is 2.01. The van der Waals surface area contributed by atoms with Crippen LogP contribution in [-0.2, 0) is 13.6 Å². The van der Waals surface area contributed by atoms with Gasteiger partial charge in [0.15, 0.2) is 0 Å². The van der Waals surface area contributed by atoms with Gasteiger partial charge in [0.05, 0.1) is 11.8 Å². The lowest BCUT2D eigenvalue weighted by Gasteiger charge is -2.43. The molecule has 1 N–H and O–H groups in total. The second-order valence-electron chi connectivity index (χ2n) is 6.43. The molecule has 0 radical (unpaired) electrons. The number of rotatable bonds is 3. The number of hydrogen-bond acceptors (Lipinski definition) is 4. The van der Waals surface area contributed by atoms with E-state index in [2.05, 4.69) is 15.2 Å². The standard InChI is InChI=1S/C15H26N4O/c1-18-10-12(16-17-18)11-19-9-5-4-7-14(19)13-6-2-3-8-15(13)20/h10,13-15,20H,2-9,11H2,1H3. The third kappa shape index (κ3) is 3.04. The second-order valence-corrected chi connectivity index (χ2v) is 6.43. The van der Waals surface area contributed by atoms with Gasteiger partial charge in [-0.2, -0.15) is 0 Å². The highest BCUT2D eigenvalue weighted by Gasteiger charge is 2.35. The molecule has 1 aliphatic heterocycles. The van der Waals surface area contributed by atoms with Crippen LogP contribution in [-0.4, -0.2) is 43.7 Å². The van der Waals surface area contributed by atoms with Gasteiger partial charge in [0, 0.05) is 31.7 Å². The Morgan fingerprint density at radius 1 is 1.20 bits per heavy atom. The Hall–Kier alpha value is -0.940. The van der Waals surface area contributed by atoms with Crippen molar-refractivity contribution in [1.29, 1.82) is 0 Å². The Kier molecular flexibility index (Phi) is 4.36. The average Bonchev–Trinajstić information content (AvgIpc) is 2.86. The Bertz CT molecular complexity index is 433. The molecule has 112 valence electrons. The lowest BCUT2D eigenvalue weighted by atomic mass is 9.78. The Morgan fingerprint density at radius 3 is 2.75 bits per heavy atom. The average molecular weight is 278 g/mol. The minimum absolute atomic E-state index is 0.101. The van der Waals surface area contributed by atoms with Crippen LogP contribution in [0.3, 0.4) is 0 Å². The van der Waals surface area contributed by atoms with E-state index < -0.39 is 0 Å². The predicted molar refractivity (Wildman–Crippen MR) is 77.0 cm³/mol. The summed E-state index contributed by atoms with van der Waals surface area (Å²) in [6.07, 6.45) is 10.3. The molecule has 1 saturated carbocycles. The lowest BCUT2D eigenvalue weighted by Crippen LogP contribution is -2.48. The van der Waals surface area contributed by atoms with Gasteiger partial charge in [-0.3, -0.25) is 9.58 Å². The third-order valence-electron chi connectivity index (χ3n) is 4.96. The lowest BCUT2D eigenvalue weighted by molar-refractivity contribution is -0.00902. The summed E-state index contributed by atoms with van der Waals surface area (Å²) in [7, 11) is 1.91. The summed E-state index contributed by atoms with van der Waals surface area (Å²) in [5.41, 5.74) is 1.05. The van der Waals surface area contributed by atoms with Crippen molar-refractivity contribution in [2.45, 2.75) is 63.6 Å². The van der Waals surface area contributed by atoms with Crippen LogP contribution >= 0.6 is 0 Å². The SMILES string of the molecule is Cn1cc(CN2CCCCC2C2CCCCC2O)nn1. The van der Waals surface area contributed by atoms with E-state index in [0.29, 0.717) is 12.0 Å². The zero-order chi connectivity index (χ0) is 13.9. The van der Waals surface area contributed by atoms with Crippen LogP contribution in [0.25, 0.3) is 0 Å². The zero-order valence-corrected chi connectivity index (χ0v) is 12.4. The molecule has 0 amide bonds. The topological polar surface area (TPSA) is 54.2 Å². The van der Waals surface area contributed by atoms with Gasteiger partial charge in [-0.25, -0.2) is 0 Å². The fraction of sp³-hybridized carbons (Fsp3) is 0.867. The smallest absolute Gasteiger partial charge is 0.0967 e. The fourth-order valence-electron chi connectivity index (χ4n) is 3.96. The molecule has 5 heteroatoms. The minimum atomic E-state index is -0.101. The van der Waals surface area contributed by atoms with Crippen molar-refractivity contribution in [2.75, 3.05) is 6.54 Å². The van der Waals surface area contributed by atoms with Gasteiger partial charge in [-0.15, -0.1) is 5.10 Å². The van der Waals surface area contributed by atoms with Crippen LogP contribution in [0.5, 0.6) is 0 Å². The van der Waals surface area contributed by atoms with Crippen LogP contribution in [0.1, 0.15) is 50.6 Å². The van der Waals surface area contributed by atoms with E-state index >= 15 is 0 Å². The molecule has 1 aliphatic carbocycles. The zero-order valence-electron chi connectivity index (χ0n) is 12.4. The summed E-state index contributed by atoms with van der Waals surface area (Å²) in [5.74, 6) is 0.459. The van der Waals surface area contributed by atoms with Crippen molar-refractivity contribution in [2.24, 2.45) is 13.0 Å². The summed E-state index contributed by atoms with van der Waals surface area (Å²) < 4.78 is 1.77. The molecule has 1 saturated heterocycles. The van der Waals surface area contributed by atoms with E-state index in [-0.39, 0.29) is 6.10 Å². The summed E-state index contributed by atoms with van der Waals surface area (Å²) in [6, 6.07) is 0.529. The maximum Gasteiger partial charge on any atom is 0.0967 e. The van der Waals surface area contributed by atoms with E-state index in [1.807, 2.05) is 13.2 Å². The van der Waals surface area contributed by atoms with Crippen LogP contribution in [0.15, 0.2) is 6.20 Å². The molecule has 0 spiro atoms. The first-order chi connectivity index (χ1) is 9.74. The Balaban J connectivity index is 1.69. The molecule has 3 rings (SSSR count). The monoisotopic (exact) mass is 278 g/mol. The number of hydrogen-bond donors (Lipinski definition) is 1. The van der Waals surface area contributed by atoms with Crippen LogP contribution in [0.4, 0.5) is 0 Å². The number of aliphatic hydroxyl groups excluding tert-OH is 1. The molecule has 2 heterocycles. The molecular weight excluding hydrogens is 252 g/mol. The fourth-order valence-corrected chi connectivity index (χ4v) is 3.96. The van der Waals surface area contributed by atoms with Gasteiger partial charge in [0.1, 0.15) is 0 Å². The molecule has 3 unspecified atom stereocenters. The molecule has 2 aliphatic rings. The van der Waals surface area contributed by atoms with Crippen molar-refractivity contribution in [3.8, 4) is 0 Å². The normalized spacial score (nSPS) is 32.4. The van der Waals surface area contributed by atoms with E-state index in [0.717, 1.165) is 25.2 Å². The number of aryl methyl sites for hydroxylation is 1. The Labute approximate surface area is 121 Å². The number of nitrogens with zero attached hydrogens (tertiary/aromatic N) is 4. The molecule has 3 atom stereocenters. The molecule has 20 heavy (non-hydrogen) atoms. The van der Waals surface area contributed by atoms with Crippen molar-refractivity contribution in [3.63, 3.8) is 0 Å². The largest absolute Gasteiger partial charge is 0.393 e. The highest BCUT2D eigenvalue weighted by atomic mass is 16.3. The van der Waals surface area contributed by atoms with Crippen molar-refractivity contribution >= 4 is 0 Å². The molecule has 2 fully saturated rings. The summed E-state index contributed by atoms with van der Waals surface area (Å²) in [4.78, 5) is 2.53. The van der Waals surface area contributed by atoms with Crippen LogP contribution in [0.2, 0.25) is 0 Å². The van der Waals surface area contributed by atoms with Gasteiger partial charge in [-0.05, 0) is 32.2 Å². The van der Waals surface area contributed by atoms with Crippen molar-refractivity contribution in [3.05, 3.63) is 11.9 Å². The molecule has 1 aromatic heterocycles. The molecule has 1 aromatic rings. The first-order valence-corrected chi connectivity index (χ1v) is 8.01. The molecule has 0 aromatic carbocycles. The van der Waals surface area contributed by atoms with Crippen molar-refractivity contribution < 1.29 is 5.11 Å². The quantitative estimate of drug-likeness (QED) is 0.914. The van der Waals surface area contributed by atoms with E-state index in [1.54, 1.807) is 4.68 Å². The summed E-state index contributed by atoms with van der Waals surface area (Å²) in [5, 5.41) is 18.6. The van der Waals surface area contributed by atoms with E-state index in [4.69, 9.17) is 0 Å². The number of aromatic nitrogens is 3. The minimum Gasteiger partial charge on any atom is -0.393 e. The Morgan fingerprint density at radius 2 is 2.00 bits per heavy atom. The van der Waals surface area contributed by atoms with Gasteiger partial charge >= 0.3 is 0 Å². The van der Waals surface area contributed by atoms with E-state index in [1.165, 1.54) is 38.5 Å². The van der Waals surface area contributed by atoms with Crippen molar-refractivity contribution in [1.82, 2.24) is 19.9 Å². The highest BCUT2D eigenvalue weighted by Crippen LogP contribution is 2.34. The van der Waals surface area contributed by atoms with Gasteiger partial charge in [-0.1, -0.05) is 24.5 Å². The van der Waals surface area contributed by atoms with Gasteiger partial charge in [0.25, 0.3) is 0 Å². The van der Waals surface area contributed by atoms with Crippen LogP contribution in [0, 0.1) is 5.92 Å². The van der Waals surface area contributed by atoms with Gasteiger partial charge in [0.2, 0.25) is 0 Å². The summed E-state index contributed by atoms with van der Waals surface area (Å²) >= 11 is 0. The van der Waals surface area contributed by atoms with Gasteiger partial charge < -0.3 is 5.11 Å². The number of likely N-dealkylation sites (tertiary alicyclic amines) is 1. The van der Waals surface area contributed by atoms with E-state index in [9.17, 15) is 5.11 Å². The molecular formula is C15H26N4O. The highest BCUT2D eigenvalue weighted by molar-refractivity contribution is 4.96. The number of piperidine rings is 1. The third-order valence-corrected chi connectivity index (χ3v) is 4.96. The maximum atomic E-state index is 10.4. The molecule has 0 bridgehead atoms. The maximum absolute atomic E-state index is 10.4.